The van der Waals surface area contributed by atoms with Crippen LogP contribution < -0.4 is 10.1 Å². The first-order valence-electron chi connectivity index (χ1n) is 5.42. The van der Waals surface area contributed by atoms with Crippen molar-refractivity contribution in [3.8, 4) is 11.8 Å². The molecule has 2 rings (SSSR count). The van der Waals surface area contributed by atoms with Crippen molar-refractivity contribution in [2.24, 2.45) is 0 Å². The minimum atomic E-state index is -1.03. The second-order valence-electron chi connectivity index (χ2n) is 3.92. The number of halogens is 3. The summed E-state index contributed by atoms with van der Waals surface area (Å²) >= 11 is 3.28. The molecular weight excluding hydrogens is 322 g/mol. The number of benzene rings is 1. The van der Waals surface area contributed by atoms with Crippen LogP contribution in [0.4, 0.5) is 4.39 Å². The Morgan fingerprint density at radius 2 is 2.28 bits per heavy atom. The zero-order valence-electron chi connectivity index (χ0n) is 9.53. The van der Waals surface area contributed by atoms with Crippen LogP contribution in [0.5, 0.6) is 5.75 Å². The van der Waals surface area contributed by atoms with Crippen molar-refractivity contribution < 1.29 is 9.13 Å². The Balaban J connectivity index is 0.00000162. The molecule has 0 bridgehead atoms. The van der Waals surface area contributed by atoms with Gasteiger partial charge in [-0.05, 0) is 31.2 Å². The molecule has 3 nitrogen and oxygen atoms in total. The Morgan fingerprint density at radius 3 is 2.94 bits per heavy atom. The minimum Gasteiger partial charge on any atom is -0.486 e. The largest absolute Gasteiger partial charge is 0.486 e. The predicted octanol–water partition coefficient (Wildman–Crippen LogP) is 2.82. The molecule has 1 heterocycles. The van der Waals surface area contributed by atoms with Crippen LogP contribution in [0.25, 0.3) is 0 Å². The van der Waals surface area contributed by atoms with Gasteiger partial charge in [-0.15, -0.1) is 12.4 Å². The molecule has 1 N–H and O–H groups in total. The maximum atomic E-state index is 13.6. The quantitative estimate of drug-likeness (QED) is 0.904. The summed E-state index contributed by atoms with van der Waals surface area (Å²) in [6.45, 7) is 1.05. The zero-order valence-corrected chi connectivity index (χ0v) is 11.9. The van der Waals surface area contributed by atoms with Crippen LogP contribution in [-0.2, 0) is 0 Å². The highest BCUT2D eigenvalue weighted by atomic mass is 79.9. The topological polar surface area (TPSA) is 45.0 Å². The summed E-state index contributed by atoms with van der Waals surface area (Å²) in [5.41, 5.74) is 0.421. The van der Waals surface area contributed by atoms with Gasteiger partial charge in [0.05, 0.1) is 5.56 Å². The lowest BCUT2D eigenvalue weighted by atomic mass is 10.1. The smallest absolute Gasteiger partial charge is 0.149 e. The van der Waals surface area contributed by atoms with Gasteiger partial charge >= 0.3 is 0 Å². The van der Waals surface area contributed by atoms with Crippen LogP contribution in [0.15, 0.2) is 22.7 Å². The Bertz CT molecular complexity index is 452. The van der Waals surface area contributed by atoms with Crippen LogP contribution >= 0.6 is 28.3 Å². The molecule has 0 saturated carbocycles. The van der Waals surface area contributed by atoms with Crippen LogP contribution in [0.2, 0.25) is 0 Å². The molecule has 1 aromatic carbocycles. The lowest BCUT2D eigenvalue weighted by Gasteiger charge is -2.27. The number of ether oxygens (including phenoxy) is 1. The van der Waals surface area contributed by atoms with E-state index in [1.54, 1.807) is 18.2 Å². The van der Waals surface area contributed by atoms with Gasteiger partial charge in [0.15, 0.2) is 0 Å². The molecule has 1 saturated heterocycles. The molecule has 0 radical (unpaired) electrons. The molecule has 1 fully saturated rings. The highest BCUT2D eigenvalue weighted by Crippen LogP contribution is 2.25. The normalized spacial score (nSPS) is 22.7. The molecule has 2 atom stereocenters. The third-order valence-electron chi connectivity index (χ3n) is 2.69. The third kappa shape index (κ3) is 3.58. The fraction of sp³-hybridized carbons (Fsp3) is 0.417. The molecule has 0 aliphatic carbocycles. The van der Waals surface area contributed by atoms with E-state index in [-0.39, 0.29) is 12.4 Å². The van der Waals surface area contributed by atoms with Crippen LogP contribution in [-0.4, -0.2) is 25.4 Å². The minimum absolute atomic E-state index is 0. The summed E-state index contributed by atoms with van der Waals surface area (Å²) in [6.07, 6.45) is -0.884. The van der Waals surface area contributed by atoms with E-state index in [1.807, 2.05) is 6.07 Å². The number of piperidine rings is 1. The Labute approximate surface area is 120 Å². The number of hydrogen-bond donors (Lipinski definition) is 1. The summed E-state index contributed by atoms with van der Waals surface area (Å²) in [5.74, 6) is 0.449. The van der Waals surface area contributed by atoms with Gasteiger partial charge < -0.3 is 10.1 Å². The standard InChI is InChI=1S/C12H12BrFN2O.ClH/c13-9-1-2-11(8(5-9)6-15)17-12-3-4-16-7-10(12)14;/h1-2,5,10,12,16H,3-4,7H2;1H/t10-,12-;/m0./s1. The number of nitrogens with zero attached hydrogens (tertiary/aromatic N) is 1. The first-order chi connectivity index (χ1) is 8.20. The Morgan fingerprint density at radius 1 is 1.50 bits per heavy atom. The molecule has 0 spiro atoms. The molecule has 0 aromatic heterocycles. The van der Waals surface area contributed by atoms with E-state index in [1.165, 1.54) is 0 Å². The average molecular weight is 336 g/mol. The van der Waals surface area contributed by atoms with Gasteiger partial charge in [0.25, 0.3) is 0 Å². The van der Waals surface area contributed by atoms with E-state index in [2.05, 4.69) is 21.2 Å². The molecule has 1 aliphatic heterocycles. The van der Waals surface area contributed by atoms with Gasteiger partial charge in [-0.2, -0.15) is 5.26 Å². The van der Waals surface area contributed by atoms with Crippen molar-refractivity contribution in [3.05, 3.63) is 28.2 Å². The van der Waals surface area contributed by atoms with Crippen LogP contribution in [0.3, 0.4) is 0 Å². The summed E-state index contributed by atoms with van der Waals surface area (Å²) < 4.78 is 20.0. The van der Waals surface area contributed by atoms with E-state index in [0.29, 0.717) is 24.3 Å². The summed E-state index contributed by atoms with van der Waals surface area (Å²) in [7, 11) is 0. The fourth-order valence-electron chi connectivity index (χ4n) is 1.78. The number of nitriles is 1. The van der Waals surface area contributed by atoms with Gasteiger partial charge in [0.1, 0.15) is 24.1 Å². The van der Waals surface area contributed by atoms with Gasteiger partial charge in [0, 0.05) is 11.0 Å². The SMILES string of the molecule is Cl.N#Cc1cc(Br)ccc1O[C@H]1CCNC[C@@H]1F. The monoisotopic (exact) mass is 334 g/mol. The lowest BCUT2D eigenvalue weighted by Crippen LogP contribution is -2.44. The van der Waals surface area contributed by atoms with Crippen LogP contribution in [0.1, 0.15) is 12.0 Å². The fourth-order valence-corrected chi connectivity index (χ4v) is 2.15. The first kappa shape index (κ1) is 15.2. The second-order valence-corrected chi connectivity index (χ2v) is 4.83. The summed E-state index contributed by atoms with van der Waals surface area (Å²) in [4.78, 5) is 0. The third-order valence-corrected chi connectivity index (χ3v) is 3.18. The van der Waals surface area contributed by atoms with Crippen LogP contribution in [0, 0.1) is 11.3 Å². The molecule has 18 heavy (non-hydrogen) atoms. The van der Waals surface area contributed by atoms with Crippen molar-refractivity contribution in [2.45, 2.75) is 18.7 Å². The van der Waals surface area contributed by atoms with Gasteiger partial charge in [0.2, 0.25) is 0 Å². The average Bonchev–Trinajstić information content (AvgIpc) is 2.34. The summed E-state index contributed by atoms with van der Waals surface area (Å²) in [6, 6.07) is 7.19. The van der Waals surface area contributed by atoms with Crippen molar-refractivity contribution in [2.75, 3.05) is 13.1 Å². The van der Waals surface area contributed by atoms with Crippen molar-refractivity contribution >= 4 is 28.3 Å². The molecule has 0 amide bonds. The predicted molar refractivity (Wildman–Crippen MR) is 72.9 cm³/mol. The molecule has 1 aromatic rings. The van der Waals surface area contributed by atoms with Gasteiger partial charge in [-0.3, -0.25) is 0 Å². The van der Waals surface area contributed by atoms with E-state index in [0.717, 1.165) is 11.0 Å². The Kier molecular flexibility index (Phi) is 5.86. The first-order valence-corrected chi connectivity index (χ1v) is 6.21. The number of rotatable bonds is 2. The molecule has 1 aliphatic rings. The number of hydrogen-bond acceptors (Lipinski definition) is 3. The van der Waals surface area contributed by atoms with Gasteiger partial charge in [-0.1, -0.05) is 15.9 Å². The highest BCUT2D eigenvalue weighted by molar-refractivity contribution is 9.10. The maximum Gasteiger partial charge on any atom is 0.149 e. The molecule has 6 heteroatoms. The Hall–Kier alpha value is -0.830. The van der Waals surface area contributed by atoms with Gasteiger partial charge in [-0.25, -0.2) is 4.39 Å². The molecular formula is C12H13BrClFN2O. The highest BCUT2D eigenvalue weighted by Gasteiger charge is 2.26. The van der Waals surface area contributed by atoms with E-state index >= 15 is 0 Å². The maximum absolute atomic E-state index is 13.6. The summed E-state index contributed by atoms with van der Waals surface area (Å²) in [5, 5.41) is 11.9. The number of nitrogens with one attached hydrogen (secondary N) is 1. The van der Waals surface area contributed by atoms with E-state index < -0.39 is 12.3 Å². The molecule has 98 valence electrons. The number of alkyl halides is 1. The second kappa shape index (κ2) is 6.93. The van der Waals surface area contributed by atoms with Crippen molar-refractivity contribution in [1.82, 2.24) is 5.32 Å². The van der Waals surface area contributed by atoms with Crippen molar-refractivity contribution in [1.29, 1.82) is 5.26 Å². The lowest BCUT2D eigenvalue weighted by molar-refractivity contribution is 0.0729. The van der Waals surface area contributed by atoms with E-state index in [9.17, 15) is 4.39 Å². The van der Waals surface area contributed by atoms with E-state index in [4.69, 9.17) is 10.00 Å². The zero-order chi connectivity index (χ0) is 12.3. The molecule has 0 unspecified atom stereocenters. The van der Waals surface area contributed by atoms with Crippen molar-refractivity contribution in [3.63, 3.8) is 0 Å².